The van der Waals surface area contributed by atoms with Gasteiger partial charge in [-0.15, -0.1) is 11.3 Å². The Morgan fingerprint density at radius 3 is 2.87 bits per heavy atom. The fraction of sp³-hybridized carbons (Fsp3) is 0.600. The van der Waals surface area contributed by atoms with E-state index in [9.17, 15) is 9.90 Å². The fourth-order valence-corrected chi connectivity index (χ4v) is 4.64. The molecule has 3 heterocycles. The molecule has 0 unspecified atom stereocenters. The van der Waals surface area contributed by atoms with Crippen LogP contribution in [-0.2, 0) is 4.79 Å². The molecule has 6 nitrogen and oxygen atoms in total. The van der Waals surface area contributed by atoms with Crippen molar-refractivity contribution in [1.82, 2.24) is 19.7 Å². The molecule has 0 aliphatic carbocycles. The van der Waals surface area contributed by atoms with Gasteiger partial charge in [0.15, 0.2) is 0 Å². The highest BCUT2D eigenvalue weighted by molar-refractivity contribution is 7.09. The maximum atomic E-state index is 12.0. The van der Waals surface area contributed by atoms with Gasteiger partial charge in [-0.25, -0.2) is 9.97 Å². The maximum Gasteiger partial charge on any atom is 0.323 e. The quantitative estimate of drug-likeness (QED) is 0.860. The first-order valence-corrected chi connectivity index (χ1v) is 9.27. The van der Waals surface area contributed by atoms with Gasteiger partial charge in [0.25, 0.3) is 0 Å². The number of aliphatic carboxylic acids is 1. The molecule has 1 fully saturated rings. The predicted molar refractivity (Wildman–Crippen MR) is 89.8 cm³/mol. The van der Waals surface area contributed by atoms with Crippen LogP contribution in [0.2, 0.25) is 0 Å². The van der Waals surface area contributed by atoms with Gasteiger partial charge in [-0.1, -0.05) is 13.8 Å². The van der Waals surface area contributed by atoms with Crippen LogP contribution in [0.15, 0.2) is 11.6 Å². The van der Waals surface area contributed by atoms with E-state index >= 15 is 0 Å². The van der Waals surface area contributed by atoms with Crippen molar-refractivity contribution in [2.24, 2.45) is 5.92 Å². The van der Waals surface area contributed by atoms with Crippen LogP contribution >= 0.6 is 22.9 Å². The zero-order valence-electron chi connectivity index (χ0n) is 13.3. The van der Waals surface area contributed by atoms with Gasteiger partial charge in [0, 0.05) is 17.5 Å². The summed E-state index contributed by atoms with van der Waals surface area (Å²) in [5.41, 5.74) is -0.950. The molecule has 2 aromatic heterocycles. The topological polar surface area (TPSA) is 88.0 Å². The summed E-state index contributed by atoms with van der Waals surface area (Å²) in [5, 5.41) is 17.0. The van der Waals surface area contributed by atoms with Gasteiger partial charge < -0.3 is 5.11 Å². The molecule has 0 saturated carbocycles. The van der Waals surface area contributed by atoms with Gasteiger partial charge >= 0.3 is 5.97 Å². The van der Waals surface area contributed by atoms with E-state index in [1.165, 1.54) is 22.9 Å². The molecule has 23 heavy (non-hydrogen) atoms. The number of nitrogens with zero attached hydrogens (tertiary/aromatic N) is 3. The maximum absolute atomic E-state index is 12.0. The standard InChI is InChI=1S/C15H20N4O2S2/c1-8(2)6-15(14(20)21)7-10(12-17-9(3)23-19-12)11(18-15)13-16-4-5-22-13/h4-5,8,10-11,18H,6-7H2,1-3H3,(H,20,21)/t10-,11+,15-/m0/s1. The second kappa shape index (κ2) is 6.26. The minimum atomic E-state index is -0.950. The summed E-state index contributed by atoms with van der Waals surface area (Å²) < 4.78 is 4.44. The Morgan fingerprint density at radius 1 is 1.57 bits per heavy atom. The lowest BCUT2D eigenvalue weighted by atomic mass is 9.84. The van der Waals surface area contributed by atoms with Crippen LogP contribution in [-0.4, -0.2) is 31.0 Å². The number of thiazole rings is 1. The molecule has 0 spiro atoms. The van der Waals surface area contributed by atoms with E-state index in [0.29, 0.717) is 12.8 Å². The van der Waals surface area contributed by atoms with Gasteiger partial charge in [0.05, 0.1) is 6.04 Å². The number of carboxylic acids is 1. The average molecular weight is 352 g/mol. The summed E-state index contributed by atoms with van der Waals surface area (Å²) in [6, 6.07) is -0.154. The van der Waals surface area contributed by atoms with Crippen molar-refractivity contribution < 1.29 is 9.90 Å². The Labute approximate surface area is 143 Å². The third-order valence-corrected chi connectivity index (χ3v) is 5.65. The molecule has 0 aromatic carbocycles. The van der Waals surface area contributed by atoms with E-state index in [2.05, 4.69) is 19.7 Å². The Morgan fingerprint density at radius 2 is 2.35 bits per heavy atom. The molecule has 1 aliphatic heterocycles. The highest BCUT2D eigenvalue weighted by Gasteiger charge is 2.52. The summed E-state index contributed by atoms with van der Waals surface area (Å²) in [6.07, 6.45) is 2.81. The molecule has 3 atom stereocenters. The zero-order chi connectivity index (χ0) is 16.6. The molecule has 2 aromatic rings. The van der Waals surface area contributed by atoms with Crippen molar-refractivity contribution in [3.8, 4) is 0 Å². The number of hydrogen-bond donors (Lipinski definition) is 2. The van der Waals surface area contributed by atoms with Crippen molar-refractivity contribution in [1.29, 1.82) is 0 Å². The third-order valence-electron chi connectivity index (χ3n) is 4.16. The number of carboxylic acid groups (broad SMARTS) is 1. The molecule has 0 radical (unpaired) electrons. The average Bonchev–Trinajstić information content (AvgIpc) is 3.16. The lowest BCUT2D eigenvalue weighted by molar-refractivity contribution is -0.145. The molecular weight excluding hydrogens is 332 g/mol. The number of rotatable bonds is 5. The van der Waals surface area contributed by atoms with Crippen molar-refractivity contribution in [2.45, 2.75) is 51.1 Å². The monoisotopic (exact) mass is 352 g/mol. The minimum absolute atomic E-state index is 0.0686. The number of aryl methyl sites for hydroxylation is 1. The second-order valence-electron chi connectivity index (χ2n) is 6.46. The van der Waals surface area contributed by atoms with Crippen molar-refractivity contribution in [2.75, 3.05) is 0 Å². The highest BCUT2D eigenvalue weighted by Crippen LogP contribution is 2.46. The first-order chi connectivity index (χ1) is 10.9. The Hall–Kier alpha value is -1.38. The summed E-state index contributed by atoms with van der Waals surface area (Å²) in [6.45, 7) is 6.01. The zero-order valence-corrected chi connectivity index (χ0v) is 14.9. The number of aromatic nitrogens is 3. The van der Waals surface area contributed by atoms with Gasteiger partial charge in [0.1, 0.15) is 21.4 Å². The highest BCUT2D eigenvalue weighted by atomic mass is 32.1. The third kappa shape index (κ3) is 3.15. The molecule has 2 N–H and O–H groups in total. The van der Waals surface area contributed by atoms with Crippen LogP contribution in [0.5, 0.6) is 0 Å². The first-order valence-electron chi connectivity index (χ1n) is 7.62. The van der Waals surface area contributed by atoms with E-state index in [0.717, 1.165) is 15.8 Å². The van der Waals surface area contributed by atoms with Crippen LogP contribution in [0.25, 0.3) is 0 Å². The van der Waals surface area contributed by atoms with Crippen molar-refractivity contribution in [3.63, 3.8) is 0 Å². The molecule has 3 rings (SSSR count). The van der Waals surface area contributed by atoms with Crippen LogP contribution < -0.4 is 5.32 Å². The molecular formula is C15H20N4O2S2. The molecule has 1 saturated heterocycles. The van der Waals surface area contributed by atoms with Gasteiger partial charge in [-0.3, -0.25) is 10.1 Å². The van der Waals surface area contributed by atoms with E-state index in [1.54, 1.807) is 6.20 Å². The van der Waals surface area contributed by atoms with E-state index in [-0.39, 0.29) is 17.9 Å². The Kier molecular flexibility index (Phi) is 4.48. The molecule has 8 heteroatoms. The Bertz CT molecular complexity index is 685. The summed E-state index contributed by atoms with van der Waals surface area (Å²) in [7, 11) is 0. The van der Waals surface area contributed by atoms with Crippen LogP contribution in [0.3, 0.4) is 0 Å². The summed E-state index contributed by atoms with van der Waals surface area (Å²) in [5.74, 6) is 0.134. The fourth-order valence-electron chi connectivity index (χ4n) is 3.35. The van der Waals surface area contributed by atoms with Gasteiger partial charge in [-0.2, -0.15) is 4.37 Å². The smallest absolute Gasteiger partial charge is 0.323 e. The molecule has 124 valence electrons. The SMILES string of the molecule is Cc1nc([C@H]2C[C@@](CC(C)C)(C(=O)O)N[C@H]2c2nccs2)ns1. The lowest BCUT2D eigenvalue weighted by Gasteiger charge is -2.27. The lowest BCUT2D eigenvalue weighted by Crippen LogP contribution is -2.49. The van der Waals surface area contributed by atoms with Gasteiger partial charge in [0.2, 0.25) is 0 Å². The number of nitrogens with one attached hydrogen (secondary N) is 1. The summed E-state index contributed by atoms with van der Waals surface area (Å²) >= 11 is 2.90. The van der Waals surface area contributed by atoms with Crippen molar-refractivity contribution >= 4 is 28.8 Å². The van der Waals surface area contributed by atoms with Crippen LogP contribution in [0.4, 0.5) is 0 Å². The largest absolute Gasteiger partial charge is 0.480 e. The first kappa shape index (κ1) is 16.5. The number of carbonyl (C=O) groups is 1. The van der Waals surface area contributed by atoms with E-state index in [4.69, 9.17) is 0 Å². The Balaban J connectivity index is 2.00. The minimum Gasteiger partial charge on any atom is -0.480 e. The number of hydrogen-bond acceptors (Lipinski definition) is 7. The molecule has 1 aliphatic rings. The van der Waals surface area contributed by atoms with Crippen LogP contribution in [0, 0.1) is 12.8 Å². The van der Waals surface area contributed by atoms with Crippen LogP contribution in [0.1, 0.15) is 54.5 Å². The summed E-state index contributed by atoms with van der Waals surface area (Å²) in [4.78, 5) is 20.9. The normalized spacial score (nSPS) is 27.7. The van der Waals surface area contributed by atoms with Crippen molar-refractivity contribution in [3.05, 3.63) is 27.4 Å². The van der Waals surface area contributed by atoms with Gasteiger partial charge in [-0.05, 0) is 37.2 Å². The molecule has 0 bridgehead atoms. The predicted octanol–water partition coefficient (Wildman–Crippen LogP) is 2.99. The van der Waals surface area contributed by atoms with E-state index in [1.807, 2.05) is 26.2 Å². The van der Waals surface area contributed by atoms with E-state index < -0.39 is 11.5 Å². The molecule has 0 amide bonds. The second-order valence-corrected chi connectivity index (χ2v) is 8.34.